The molecule has 0 saturated carbocycles. The Morgan fingerprint density at radius 1 is 1.41 bits per heavy atom. The lowest BCUT2D eigenvalue weighted by Crippen LogP contribution is -2.30. The lowest BCUT2D eigenvalue weighted by atomic mass is 10.0. The normalized spacial score (nSPS) is 19.0. The Morgan fingerprint density at radius 2 is 2.12 bits per heavy atom. The summed E-state index contributed by atoms with van der Waals surface area (Å²) in [7, 11) is -0.692. The van der Waals surface area contributed by atoms with Gasteiger partial charge in [-0.15, -0.1) is 0 Å². The number of hydrogen-bond acceptors (Lipinski definition) is 1. The second kappa shape index (κ2) is 5.40. The second-order valence-corrected chi connectivity index (χ2v) is 9.38. The van der Waals surface area contributed by atoms with Crippen LogP contribution in [0.3, 0.4) is 0 Å². The van der Waals surface area contributed by atoms with E-state index in [9.17, 15) is 4.39 Å². The van der Waals surface area contributed by atoms with Crippen LogP contribution in [0.25, 0.3) is 0 Å². The van der Waals surface area contributed by atoms with Crippen LogP contribution in [-0.2, 0) is 6.42 Å². The maximum absolute atomic E-state index is 13.7. The molecule has 1 aliphatic heterocycles. The van der Waals surface area contributed by atoms with E-state index in [1.807, 2.05) is 6.07 Å². The monoisotopic (exact) mass is 271 g/mol. The van der Waals surface area contributed by atoms with Gasteiger partial charge in [-0.2, -0.15) is 0 Å². The highest BCUT2D eigenvalue weighted by Crippen LogP contribution is 2.34. The quantitative estimate of drug-likeness (QED) is 0.817. The molecular formula is C13H19ClFNSi. The van der Waals surface area contributed by atoms with Crippen LogP contribution in [0.15, 0.2) is 12.1 Å². The van der Waals surface area contributed by atoms with Crippen molar-refractivity contribution in [2.75, 3.05) is 11.9 Å². The summed E-state index contributed by atoms with van der Waals surface area (Å²) in [6.45, 7) is 5.51. The summed E-state index contributed by atoms with van der Waals surface area (Å²) in [5.74, 6) is -0.211. The molecule has 0 amide bonds. The van der Waals surface area contributed by atoms with E-state index in [1.165, 1.54) is 18.2 Å². The third-order valence-corrected chi connectivity index (χ3v) is 8.00. The van der Waals surface area contributed by atoms with Gasteiger partial charge in [-0.3, -0.25) is 0 Å². The van der Waals surface area contributed by atoms with Gasteiger partial charge >= 0.3 is 0 Å². The number of rotatable bonds is 3. The molecule has 94 valence electrons. The number of nitrogens with one attached hydrogen (secondary N) is 1. The third-order valence-electron chi connectivity index (χ3n) is 3.88. The lowest BCUT2D eigenvalue weighted by molar-refractivity contribution is 0.622. The molecule has 1 nitrogen and oxygen atoms in total. The van der Waals surface area contributed by atoms with E-state index in [2.05, 4.69) is 19.2 Å². The van der Waals surface area contributed by atoms with Gasteiger partial charge in [0.2, 0.25) is 0 Å². The van der Waals surface area contributed by atoms with Crippen LogP contribution in [0, 0.1) is 5.82 Å². The van der Waals surface area contributed by atoms with E-state index >= 15 is 0 Å². The molecule has 1 aromatic rings. The standard InChI is InChI=1S/C13H19ClFNSi/c1-3-17(4-2)11-6-9-5-10(14)7-12(15)13(9)16-8-11/h5,7,11,16-17H,3-4,6,8H2,1-2H3/t11-/m1/s1. The van der Waals surface area contributed by atoms with Crippen molar-refractivity contribution in [3.05, 3.63) is 28.5 Å². The highest BCUT2D eigenvalue weighted by molar-refractivity contribution is 6.60. The van der Waals surface area contributed by atoms with E-state index < -0.39 is 8.80 Å². The molecule has 1 atom stereocenters. The average Bonchev–Trinajstić information content (AvgIpc) is 2.30. The predicted octanol–water partition coefficient (Wildman–Crippen LogP) is 4.08. The Kier molecular flexibility index (Phi) is 4.10. The first-order valence-electron chi connectivity index (χ1n) is 6.37. The van der Waals surface area contributed by atoms with Crippen molar-refractivity contribution >= 4 is 26.1 Å². The lowest BCUT2D eigenvalue weighted by Gasteiger charge is -2.31. The van der Waals surface area contributed by atoms with Crippen LogP contribution >= 0.6 is 11.6 Å². The Labute approximate surface area is 109 Å². The van der Waals surface area contributed by atoms with Crippen molar-refractivity contribution in [2.45, 2.75) is 37.9 Å². The fraction of sp³-hybridized carbons (Fsp3) is 0.538. The molecule has 4 heteroatoms. The zero-order valence-electron chi connectivity index (χ0n) is 10.4. The fourth-order valence-electron chi connectivity index (χ4n) is 2.86. The molecule has 1 N–H and O–H groups in total. The summed E-state index contributed by atoms with van der Waals surface area (Å²) < 4.78 is 13.7. The van der Waals surface area contributed by atoms with Crippen molar-refractivity contribution in [1.82, 2.24) is 0 Å². The average molecular weight is 272 g/mol. The summed E-state index contributed by atoms with van der Waals surface area (Å²) >= 11 is 5.92. The molecule has 0 radical (unpaired) electrons. The van der Waals surface area contributed by atoms with E-state index in [-0.39, 0.29) is 5.82 Å². The minimum atomic E-state index is -0.692. The van der Waals surface area contributed by atoms with Crippen LogP contribution in [0.5, 0.6) is 0 Å². The van der Waals surface area contributed by atoms with Crippen LogP contribution in [0.1, 0.15) is 19.4 Å². The van der Waals surface area contributed by atoms with Crippen LogP contribution in [0.4, 0.5) is 10.1 Å². The molecule has 0 saturated heterocycles. The highest BCUT2D eigenvalue weighted by Gasteiger charge is 2.26. The molecule has 1 heterocycles. The van der Waals surface area contributed by atoms with E-state index in [0.29, 0.717) is 10.7 Å². The van der Waals surface area contributed by atoms with Gasteiger partial charge < -0.3 is 5.32 Å². The molecule has 2 rings (SSSR count). The molecular weight excluding hydrogens is 253 g/mol. The molecule has 1 aliphatic rings. The number of halogens is 2. The largest absolute Gasteiger partial charge is 0.382 e. The molecule has 0 bridgehead atoms. The van der Waals surface area contributed by atoms with Gasteiger partial charge in [0.1, 0.15) is 5.82 Å². The number of hydrogen-bond donors (Lipinski definition) is 1. The van der Waals surface area contributed by atoms with Crippen molar-refractivity contribution in [2.24, 2.45) is 0 Å². The van der Waals surface area contributed by atoms with Crippen molar-refractivity contribution in [3.63, 3.8) is 0 Å². The van der Waals surface area contributed by atoms with Crippen LogP contribution in [0.2, 0.25) is 22.7 Å². The van der Waals surface area contributed by atoms with Gasteiger partial charge in [0, 0.05) is 20.4 Å². The van der Waals surface area contributed by atoms with Gasteiger partial charge in [-0.05, 0) is 29.7 Å². The van der Waals surface area contributed by atoms with Crippen LogP contribution in [-0.4, -0.2) is 15.3 Å². The van der Waals surface area contributed by atoms with Crippen molar-refractivity contribution < 1.29 is 4.39 Å². The first-order chi connectivity index (χ1) is 8.15. The van der Waals surface area contributed by atoms with Gasteiger partial charge in [0.25, 0.3) is 0 Å². The minimum absolute atomic E-state index is 0.211. The molecule has 0 aliphatic carbocycles. The third kappa shape index (κ3) is 2.66. The Balaban J connectivity index is 2.23. The molecule has 0 spiro atoms. The van der Waals surface area contributed by atoms with Gasteiger partial charge in [-0.25, -0.2) is 4.39 Å². The van der Waals surface area contributed by atoms with Crippen molar-refractivity contribution in [3.8, 4) is 0 Å². The predicted molar refractivity (Wildman–Crippen MR) is 75.5 cm³/mol. The SMILES string of the molecule is CC[SiH](CC)[C@H]1CNc2c(F)cc(Cl)cc2C1. The van der Waals surface area contributed by atoms with E-state index in [4.69, 9.17) is 11.6 Å². The van der Waals surface area contributed by atoms with Gasteiger partial charge in [0.05, 0.1) is 5.69 Å². The summed E-state index contributed by atoms with van der Waals surface area (Å²) in [6.07, 6.45) is 0.998. The number of benzene rings is 1. The Morgan fingerprint density at radius 3 is 2.76 bits per heavy atom. The van der Waals surface area contributed by atoms with Gasteiger partial charge in [-0.1, -0.05) is 37.5 Å². The van der Waals surface area contributed by atoms with Crippen LogP contribution < -0.4 is 5.32 Å². The van der Waals surface area contributed by atoms with E-state index in [1.54, 1.807) is 0 Å². The zero-order valence-corrected chi connectivity index (χ0v) is 12.3. The molecule has 1 aromatic carbocycles. The molecule has 0 fully saturated rings. The van der Waals surface area contributed by atoms with E-state index in [0.717, 1.165) is 24.1 Å². The molecule has 17 heavy (non-hydrogen) atoms. The number of fused-ring (bicyclic) bond motifs is 1. The number of anilines is 1. The smallest absolute Gasteiger partial charge is 0.148 e. The Bertz CT molecular complexity index is 407. The minimum Gasteiger partial charge on any atom is -0.382 e. The zero-order chi connectivity index (χ0) is 12.4. The topological polar surface area (TPSA) is 12.0 Å². The van der Waals surface area contributed by atoms with Gasteiger partial charge in [0.15, 0.2) is 0 Å². The summed E-state index contributed by atoms with van der Waals surface area (Å²) in [5, 5.41) is 3.77. The second-order valence-electron chi connectivity index (χ2n) is 4.84. The summed E-state index contributed by atoms with van der Waals surface area (Å²) in [4.78, 5) is 0. The highest BCUT2D eigenvalue weighted by atomic mass is 35.5. The molecule has 0 aromatic heterocycles. The molecule has 0 unspecified atom stereocenters. The summed E-state index contributed by atoms with van der Waals surface area (Å²) in [5.41, 5.74) is 2.46. The maximum Gasteiger partial charge on any atom is 0.148 e. The Hall–Kier alpha value is -0.543. The first kappa shape index (κ1) is 12.9. The van der Waals surface area contributed by atoms with Crippen molar-refractivity contribution in [1.29, 1.82) is 0 Å². The summed E-state index contributed by atoms with van der Waals surface area (Å²) in [6, 6.07) is 5.95. The maximum atomic E-state index is 13.7. The first-order valence-corrected chi connectivity index (χ1v) is 9.05. The fourth-order valence-corrected chi connectivity index (χ4v) is 6.04.